The number of nitrogens with one attached hydrogen (secondary N) is 2. The Hall–Kier alpha value is -0.910. The molecule has 2 rings (SSSR count). The van der Waals surface area contributed by atoms with Crippen LogP contribution in [0.5, 0.6) is 0 Å². The van der Waals surface area contributed by atoms with Gasteiger partial charge in [0, 0.05) is 13.1 Å². The molecule has 0 bridgehead atoms. The summed E-state index contributed by atoms with van der Waals surface area (Å²) in [6.07, 6.45) is 2.28. The molecular formula is C13H20N2O2S. The molecule has 0 aliphatic heterocycles. The van der Waals surface area contributed by atoms with Gasteiger partial charge in [-0.25, -0.2) is 13.1 Å². The first-order valence-corrected chi connectivity index (χ1v) is 7.89. The van der Waals surface area contributed by atoms with Gasteiger partial charge in [0.2, 0.25) is 10.0 Å². The van der Waals surface area contributed by atoms with Crippen LogP contribution >= 0.6 is 0 Å². The van der Waals surface area contributed by atoms with Crippen LogP contribution in [0.15, 0.2) is 29.2 Å². The maximum atomic E-state index is 12.1. The molecule has 1 aliphatic rings. The highest BCUT2D eigenvalue weighted by Gasteiger charge is 2.24. The lowest BCUT2D eigenvalue weighted by molar-refractivity contribution is 0.577. The Morgan fingerprint density at radius 1 is 1.33 bits per heavy atom. The molecule has 0 aromatic heterocycles. The van der Waals surface area contributed by atoms with E-state index in [1.54, 1.807) is 18.2 Å². The van der Waals surface area contributed by atoms with Crippen LogP contribution in [0.25, 0.3) is 0 Å². The molecule has 5 heteroatoms. The predicted octanol–water partition coefficient (Wildman–Crippen LogP) is 1.48. The fraction of sp³-hybridized carbons (Fsp3) is 0.538. The highest BCUT2D eigenvalue weighted by atomic mass is 32.2. The van der Waals surface area contributed by atoms with Crippen LogP contribution in [0.1, 0.15) is 25.3 Å². The second-order valence-electron chi connectivity index (χ2n) is 4.72. The minimum Gasteiger partial charge on any atom is -0.313 e. The summed E-state index contributed by atoms with van der Waals surface area (Å²) in [5, 5.41) is 3.19. The van der Waals surface area contributed by atoms with E-state index in [2.05, 4.69) is 10.0 Å². The van der Waals surface area contributed by atoms with Gasteiger partial charge in [0.15, 0.2) is 0 Å². The molecule has 18 heavy (non-hydrogen) atoms. The average molecular weight is 268 g/mol. The Bertz CT molecular complexity index is 495. The van der Waals surface area contributed by atoms with Gasteiger partial charge in [0.25, 0.3) is 0 Å². The van der Waals surface area contributed by atoms with Crippen LogP contribution in [0.4, 0.5) is 0 Å². The molecule has 1 fully saturated rings. The van der Waals surface area contributed by atoms with Gasteiger partial charge in [-0.2, -0.15) is 0 Å². The summed E-state index contributed by atoms with van der Waals surface area (Å²) in [4.78, 5) is 0.360. The van der Waals surface area contributed by atoms with Crippen molar-refractivity contribution in [1.29, 1.82) is 0 Å². The molecule has 0 heterocycles. The SMILES string of the molecule is CCNCc1cccc(S(=O)(=O)NCC2CC2)c1. The Morgan fingerprint density at radius 3 is 2.78 bits per heavy atom. The van der Waals surface area contributed by atoms with Crippen molar-refractivity contribution in [2.24, 2.45) is 5.92 Å². The second kappa shape index (κ2) is 5.82. The largest absolute Gasteiger partial charge is 0.313 e. The van der Waals surface area contributed by atoms with Crippen molar-refractivity contribution in [2.45, 2.75) is 31.2 Å². The van der Waals surface area contributed by atoms with E-state index in [-0.39, 0.29) is 0 Å². The van der Waals surface area contributed by atoms with Gasteiger partial charge in [-0.15, -0.1) is 0 Å². The summed E-state index contributed by atoms with van der Waals surface area (Å²) in [5.74, 6) is 0.546. The van der Waals surface area contributed by atoms with Crippen molar-refractivity contribution in [2.75, 3.05) is 13.1 Å². The highest BCUT2D eigenvalue weighted by molar-refractivity contribution is 7.89. The van der Waals surface area contributed by atoms with E-state index in [0.717, 1.165) is 24.9 Å². The fourth-order valence-corrected chi connectivity index (χ4v) is 2.91. The Kier molecular flexibility index (Phi) is 4.37. The van der Waals surface area contributed by atoms with Crippen molar-refractivity contribution in [3.05, 3.63) is 29.8 Å². The quantitative estimate of drug-likeness (QED) is 0.787. The molecule has 4 nitrogen and oxygen atoms in total. The number of benzene rings is 1. The van der Waals surface area contributed by atoms with Gasteiger partial charge in [-0.05, 0) is 43.0 Å². The van der Waals surface area contributed by atoms with Crippen molar-refractivity contribution >= 4 is 10.0 Å². The summed E-state index contributed by atoms with van der Waals surface area (Å²) in [6, 6.07) is 7.10. The summed E-state index contributed by atoms with van der Waals surface area (Å²) in [6.45, 7) is 4.16. The summed E-state index contributed by atoms with van der Waals surface area (Å²) in [5.41, 5.74) is 0.992. The van der Waals surface area contributed by atoms with E-state index in [4.69, 9.17) is 0 Å². The zero-order chi connectivity index (χ0) is 13.0. The van der Waals surface area contributed by atoms with Crippen LogP contribution in [-0.4, -0.2) is 21.5 Å². The van der Waals surface area contributed by atoms with Gasteiger partial charge in [-0.1, -0.05) is 19.1 Å². The van der Waals surface area contributed by atoms with E-state index in [9.17, 15) is 8.42 Å². The maximum absolute atomic E-state index is 12.1. The number of sulfonamides is 1. The lowest BCUT2D eigenvalue weighted by atomic mass is 10.2. The first-order chi connectivity index (χ1) is 8.62. The molecule has 0 atom stereocenters. The first kappa shape index (κ1) is 13.5. The molecule has 1 aromatic rings. The standard InChI is InChI=1S/C13H20N2O2S/c1-2-14-9-12-4-3-5-13(8-12)18(16,17)15-10-11-6-7-11/h3-5,8,11,14-15H,2,6-7,9-10H2,1H3. The normalized spacial score (nSPS) is 15.8. The van der Waals surface area contributed by atoms with Gasteiger partial charge >= 0.3 is 0 Å². The Balaban J connectivity index is 2.05. The van der Waals surface area contributed by atoms with Crippen molar-refractivity contribution in [1.82, 2.24) is 10.0 Å². The van der Waals surface area contributed by atoms with E-state index in [1.807, 2.05) is 13.0 Å². The van der Waals surface area contributed by atoms with Crippen LogP contribution in [0.3, 0.4) is 0 Å². The molecule has 1 aliphatic carbocycles. The van der Waals surface area contributed by atoms with Crippen LogP contribution in [-0.2, 0) is 16.6 Å². The molecule has 0 spiro atoms. The molecular weight excluding hydrogens is 248 g/mol. The minimum atomic E-state index is -3.34. The molecule has 2 N–H and O–H groups in total. The Morgan fingerprint density at radius 2 is 2.11 bits per heavy atom. The van der Waals surface area contributed by atoms with Crippen LogP contribution in [0, 0.1) is 5.92 Å². The number of hydrogen-bond acceptors (Lipinski definition) is 3. The molecule has 0 unspecified atom stereocenters. The third-order valence-electron chi connectivity index (χ3n) is 3.05. The van der Waals surface area contributed by atoms with Gasteiger partial charge in [-0.3, -0.25) is 0 Å². The molecule has 1 saturated carbocycles. The monoisotopic (exact) mass is 268 g/mol. The third kappa shape index (κ3) is 3.80. The first-order valence-electron chi connectivity index (χ1n) is 6.41. The molecule has 0 radical (unpaired) electrons. The van der Waals surface area contributed by atoms with Crippen molar-refractivity contribution < 1.29 is 8.42 Å². The molecule has 1 aromatic carbocycles. The average Bonchev–Trinajstić information content (AvgIpc) is 3.18. The van der Waals surface area contributed by atoms with Gasteiger partial charge in [0.05, 0.1) is 4.90 Å². The second-order valence-corrected chi connectivity index (χ2v) is 6.49. The lowest BCUT2D eigenvalue weighted by Gasteiger charge is -2.08. The molecule has 0 amide bonds. The van der Waals surface area contributed by atoms with Gasteiger partial charge < -0.3 is 5.32 Å². The fourth-order valence-electron chi connectivity index (χ4n) is 1.72. The van der Waals surface area contributed by atoms with Crippen molar-refractivity contribution in [3.63, 3.8) is 0 Å². The summed E-state index contributed by atoms with van der Waals surface area (Å²) in [7, 11) is -3.34. The number of hydrogen-bond donors (Lipinski definition) is 2. The van der Waals surface area contributed by atoms with E-state index >= 15 is 0 Å². The van der Waals surface area contributed by atoms with E-state index < -0.39 is 10.0 Å². The molecule has 0 saturated heterocycles. The molecule has 100 valence electrons. The smallest absolute Gasteiger partial charge is 0.240 e. The van der Waals surface area contributed by atoms with Gasteiger partial charge in [0.1, 0.15) is 0 Å². The number of rotatable bonds is 7. The van der Waals surface area contributed by atoms with Crippen molar-refractivity contribution in [3.8, 4) is 0 Å². The topological polar surface area (TPSA) is 58.2 Å². The van der Waals surface area contributed by atoms with E-state index in [1.165, 1.54) is 0 Å². The zero-order valence-electron chi connectivity index (χ0n) is 10.6. The maximum Gasteiger partial charge on any atom is 0.240 e. The third-order valence-corrected chi connectivity index (χ3v) is 4.47. The minimum absolute atomic E-state index is 0.360. The van der Waals surface area contributed by atoms with Crippen LogP contribution in [0.2, 0.25) is 0 Å². The van der Waals surface area contributed by atoms with Crippen LogP contribution < -0.4 is 10.0 Å². The lowest BCUT2D eigenvalue weighted by Crippen LogP contribution is -2.26. The summed E-state index contributed by atoms with van der Waals surface area (Å²) < 4.78 is 26.8. The van der Waals surface area contributed by atoms with E-state index in [0.29, 0.717) is 23.9 Å². The Labute approximate surface area is 109 Å². The highest BCUT2D eigenvalue weighted by Crippen LogP contribution is 2.28. The predicted molar refractivity (Wildman–Crippen MR) is 71.7 cm³/mol. The summed E-state index contributed by atoms with van der Waals surface area (Å²) >= 11 is 0. The zero-order valence-corrected chi connectivity index (χ0v) is 11.5.